The van der Waals surface area contributed by atoms with E-state index in [-0.39, 0.29) is 5.91 Å². The summed E-state index contributed by atoms with van der Waals surface area (Å²) in [4.78, 5) is 17.6. The zero-order chi connectivity index (χ0) is 17.5. The maximum absolute atomic E-state index is 11.9. The largest absolute Gasteiger partial charge is 0.368 e. The van der Waals surface area contributed by atoms with Crippen LogP contribution in [0.1, 0.15) is 22.9 Å². The molecule has 0 radical (unpaired) electrons. The minimum Gasteiger partial charge on any atom is -0.368 e. The average Bonchev–Trinajstić information content (AvgIpc) is 3.14. The Hall–Kier alpha value is -2.28. The molecule has 0 aliphatic carbocycles. The van der Waals surface area contributed by atoms with Crippen molar-refractivity contribution in [3.05, 3.63) is 64.5 Å². The molecule has 1 atom stereocenters. The lowest BCUT2D eigenvalue weighted by Crippen LogP contribution is -2.35. The van der Waals surface area contributed by atoms with Crippen molar-refractivity contribution in [3.63, 3.8) is 0 Å². The number of fused-ring (bicyclic) bond motifs is 1. The van der Waals surface area contributed by atoms with E-state index in [0.29, 0.717) is 6.54 Å². The molecular weight excluding hydrogens is 332 g/mol. The molecule has 0 saturated heterocycles. The van der Waals surface area contributed by atoms with Crippen molar-refractivity contribution in [2.24, 2.45) is 5.73 Å². The minimum absolute atomic E-state index is 0.372. The highest BCUT2D eigenvalue weighted by molar-refractivity contribution is 7.09. The van der Waals surface area contributed by atoms with Crippen LogP contribution in [0.4, 0.5) is 0 Å². The van der Waals surface area contributed by atoms with Gasteiger partial charge in [-0.2, -0.15) is 0 Å². The lowest BCUT2D eigenvalue weighted by atomic mass is 10.0. The van der Waals surface area contributed by atoms with Gasteiger partial charge in [-0.3, -0.25) is 9.78 Å². The van der Waals surface area contributed by atoms with Crippen molar-refractivity contribution in [3.8, 4) is 0 Å². The number of rotatable bonds is 9. The molecule has 0 spiro atoms. The molecule has 25 heavy (non-hydrogen) atoms. The smallest absolute Gasteiger partial charge is 0.239 e. The molecule has 1 amide bonds. The van der Waals surface area contributed by atoms with Gasteiger partial charge in [0.05, 0.1) is 5.52 Å². The molecule has 6 heteroatoms. The fourth-order valence-corrected chi connectivity index (χ4v) is 3.50. The van der Waals surface area contributed by atoms with E-state index in [0.717, 1.165) is 36.0 Å². The second-order valence-corrected chi connectivity index (χ2v) is 6.85. The van der Waals surface area contributed by atoms with E-state index in [1.807, 2.05) is 30.3 Å². The number of amides is 1. The first-order valence-electron chi connectivity index (χ1n) is 8.35. The van der Waals surface area contributed by atoms with Crippen LogP contribution in [0.2, 0.25) is 0 Å². The van der Waals surface area contributed by atoms with Gasteiger partial charge >= 0.3 is 0 Å². The second kappa shape index (κ2) is 8.71. The highest BCUT2D eigenvalue weighted by Crippen LogP contribution is 2.22. The van der Waals surface area contributed by atoms with E-state index in [1.54, 1.807) is 17.5 Å². The normalized spacial score (nSPS) is 12.3. The number of aromatic nitrogens is 1. The summed E-state index contributed by atoms with van der Waals surface area (Å²) in [7, 11) is 0. The summed E-state index contributed by atoms with van der Waals surface area (Å²) < 4.78 is 0. The van der Waals surface area contributed by atoms with Gasteiger partial charge in [-0.1, -0.05) is 24.3 Å². The Balaban J connectivity index is 1.55. The Kier molecular flexibility index (Phi) is 6.11. The van der Waals surface area contributed by atoms with E-state index < -0.39 is 6.04 Å². The predicted octanol–water partition coefficient (Wildman–Crippen LogP) is 2.59. The third kappa shape index (κ3) is 4.63. The number of nitrogens with one attached hydrogen (secondary N) is 2. The molecule has 3 aromatic rings. The van der Waals surface area contributed by atoms with Crippen LogP contribution in [-0.2, 0) is 11.3 Å². The van der Waals surface area contributed by atoms with Gasteiger partial charge in [0.25, 0.3) is 0 Å². The van der Waals surface area contributed by atoms with E-state index in [4.69, 9.17) is 5.73 Å². The summed E-state index contributed by atoms with van der Waals surface area (Å²) in [6.07, 6.45) is 2.66. The van der Waals surface area contributed by atoms with Crippen LogP contribution in [0, 0.1) is 0 Å². The molecule has 4 N–H and O–H groups in total. The lowest BCUT2D eigenvalue weighted by Gasteiger charge is -2.17. The molecule has 3 rings (SSSR count). The summed E-state index contributed by atoms with van der Waals surface area (Å²) >= 11 is 1.75. The van der Waals surface area contributed by atoms with Gasteiger partial charge in [-0.25, -0.2) is 0 Å². The van der Waals surface area contributed by atoms with Gasteiger partial charge in [0, 0.05) is 23.0 Å². The van der Waals surface area contributed by atoms with E-state index in [9.17, 15) is 4.79 Å². The molecule has 0 aliphatic rings. The molecule has 0 bridgehead atoms. The molecule has 0 fully saturated rings. The number of carbonyl (C=O) groups excluding carboxylic acids is 1. The number of nitrogens with two attached hydrogens (primary N) is 1. The number of thiophene rings is 1. The molecule has 1 unspecified atom stereocenters. The molecule has 2 heterocycles. The topological polar surface area (TPSA) is 80.0 Å². The Morgan fingerprint density at radius 1 is 1.16 bits per heavy atom. The highest BCUT2D eigenvalue weighted by Gasteiger charge is 2.19. The molecule has 2 aromatic heterocycles. The Bertz CT molecular complexity index is 814. The SMILES string of the molecule is NC(=O)C(NCCCNCc1cccs1)c1cccc2ncccc12. The van der Waals surface area contributed by atoms with Gasteiger partial charge in [-0.15, -0.1) is 11.3 Å². The number of nitrogens with zero attached hydrogens (tertiary/aromatic N) is 1. The maximum Gasteiger partial charge on any atom is 0.239 e. The van der Waals surface area contributed by atoms with Crippen molar-refractivity contribution in [1.82, 2.24) is 15.6 Å². The minimum atomic E-state index is -0.509. The molecule has 5 nitrogen and oxygen atoms in total. The second-order valence-electron chi connectivity index (χ2n) is 5.82. The van der Waals surface area contributed by atoms with Crippen molar-refractivity contribution in [2.45, 2.75) is 19.0 Å². The Labute approximate surface area is 151 Å². The predicted molar refractivity (Wildman–Crippen MR) is 102 cm³/mol. The summed E-state index contributed by atoms with van der Waals surface area (Å²) in [5, 5.41) is 9.72. The number of hydrogen-bond acceptors (Lipinski definition) is 5. The Morgan fingerprint density at radius 2 is 2.08 bits per heavy atom. The Morgan fingerprint density at radius 3 is 2.88 bits per heavy atom. The van der Waals surface area contributed by atoms with Crippen LogP contribution in [0.25, 0.3) is 10.9 Å². The van der Waals surface area contributed by atoms with Gasteiger partial charge in [0.15, 0.2) is 0 Å². The highest BCUT2D eigenvalue weighted by atomic mass is 32.1. The summed E-state index contributed by atoms with van der Waals surface area (Å²) in [6.45, 7) is 2.47. The van der Waals surface area contributed by atoms with Crippen molar-refractivity contribution in [2.75, 3.05) is 13.1 Å². The summed E-state index contributed by atoms with van der Waals surface area (Å²) in [6, 6.07) is 13.3. The zero-order valence-corrected chi connectivity index (χ0v) is 14.8. The molecule has 130 valence electrons. The van der Waals surface area contributed by atoms with Crippen molar-refractivity contribution >= 4 is 28.1 Å². The quantitative estimate of drug-likeness (QED) is 0.516. The summed E-state index contributed by atoms with van der Waals surface area (Å²) in [5.41, 5.74) is 7.37. The first-order chi connectivity index (χ1) is 12.3. The molecule has 1 aromatic carbocycles. The standard InChI is InChI=1S/C19H22N4OS/c20-19(24)18(16-6-1-8-17-15(16)7-2-10-22-17)23-11-4-9-21-13-14-5-3-12-25-14/h1-3,5-8,10,12,18,21,23H,4,9,11,13H2,(H2,20,24). The fraction of sp³-hybridized carbons (Fsp3) is 0.263. The van der Waals surface area contributed by atoms with E-state index in [2.05, 4.69) is 33.1 Å². The molecule has 0 saturated carbocycles. The van der Waals surface area contributed by atoms with Crippen molar-refractivity contribution in [1.29, 1.82) is 0 Å². The van der Waals surface area contributed by atoms with Crippen LogP contribution in [0.15, 0.2) is 54.0 Å². The number of primary amides is 1. The van der Waals surface area contributed by atoms with Crippen molar-refractivity contribution < 1.29 is 4.79 Å². The monoisotopic (exact) mass is 354 g/mol. The van der Waals surface area contributed by atoms with Gasteiger partial charge < -0.3 is 16.4 Å². The van der Waals surface area contributed by atoms with Gasteiger partial charge in [0.2, 0.25) is 5.91 Å². The number of pyridine rings is 1. The van der Waals surface area contributed by atoms with Crippen LogP contribution < -0.4 is 16.4 Å². The molecule has 0 aliphatic heterocycles. The maximum atomic E-state index is 11.9. The number of benzene rings is 1. The first-order valence-corrected chi connectivity index (χ1v) is 9.23. The van der Waals surface area contributed by atoms with Crippen LogP contribution >= 0.6 is 11.3 Å². The zero-order valence-electron chi connectivity index (χ0n) is 13.9. The number of carbonyl (C=O) groups is 1. The average molecular weight is 354 g/mol. The third-order valence-electron chi connectivity index (χ3n) is 4.03. The first kappa shape index (κ1) is 17.5. The van der Waals surface area contributed by atoms with Crippen LogP contribution in [0.5, 0.6) is 0 Å². The fourth-order valence-electron chi connectivity index (χ4n) is 2.83. The summed E-state index contributed by atoms with van der Waals surface area (Å²) in [5.74, 6) is -0.372. The van der Waals surface area contributed by atoms with Gasteiger partial charge in [-0.05, 0) is 48.7 Å². The third-order valence-corrected chi connectivity index (χ3v) is 4.91. The van der Waals surface area contributed by atoms with E-state index >= 15 is 0 Å². The van der Waals surface area contributed by atoms with Crippen LogP contribution in [-0.4, -0.2) is 24.0 Å². The molecular formula is C19H22N4OS. The van der Waals surface area contributed by atoms with Crippen LogP contribution in [0.3, 0.4) is 0 Å². The number of hydrogen-bond donors (Lipinski definition) is 3. The lowest BCUT2D eigenvalue weighted by molar-refractivity contribution is -0.120. The van der Waals surface area contributed by atoms with Gasteiger partial charge in [0.1, 0.15) is 6.04 Å². The van der Waals surface area contributed by atoms with E-state index in [1.165, 1.54) is 4.88 Å².